The molecule has 0 atom stereocenters. The highest BCUT2D eigenvalue weighted by Crippen LogP contribution is 2.20. The Balaban J connectivity index is 2.33. The van der Waals surface area contributed by atoms with Gasteiger partial charge >= 0.3 is 11.6 Å². The molecule has 2 aromatic rings. The number of esters is 1. The molecule has 0 unspecified atom stereocenters. The molecule has 0 aliphatic carbocycles. The van der Waals surface area contributed by atoms with Crippen LogP contribution < -0.4 is 10.4 Å². The number of hydrogen-bond acceptors (Lipinski definition) is 4. The van der Waals surface area contributed by atoms with E-state index in [1.807, 2.05) is 0 Å². The lowest BCUT2D eigenvalue weighted by Crippen LogP contribution is -2.15. The Morgan fingerprint density at radius 1 is 1.26 bits per heavy atom. The van der Waals surface area contributed by atoms with Crippen molar-refractivity contribution in [1.29, 1.82) is 0 Å². The maximum absolute atomic E-state index is 12.1. The minimum Gasteiger partial charge on any atom is -0.427 e. The van der Waals surface area contributed by atoms with Crippen LogP contribution in [0, 0.1) is 13.8 Å². The number of halogens is 1. The number of aryl methyl sites for hydroxylation is 2. The van der Waals surface area contributed by atoms with Gasteiger partial charge in [-0.15, -0.1) is 0 Å². The van der Waals surface area contributed by atoms with Crippen molar-refractivity contribution in [3.63, 3.8) is 0 Å². The fourth-order valence-electron chi connectivity index (χ4n) is 1.75. The van der Waals surface area contributed by atoms with Gasteiger partial charge in [0.1, 0.15) is 17.1 Å². The molecule has 0 saturated heterocycles. The van der Waals surface area contributed by atoms with E-state index in [-0.39, 0.29) is 11.3 Å². The van der Waals surface area contributed by atoms with E-state index in [2.05, 4.69) is 0 Å². The minimum absolute atomic E-state index is 0.233. The summed E-state index contributed by atoms with van der Waals surface area (Å²) in [5.74, 6) is -0.0134. The van der Waals surface area contributed by atoms with Crippen LogP contribution in [0.15, 0.2) is 39.5 Å². The number of benzene rings is 1. The Kier molecular flexibility index (Phi) is 3.71. The predicted molar refractivity (Wildman–Crippen MR) is 70.9 cm³/mol. The molecule has 1 aromatic heterocycles. The Morgan fingerprint density at radius 3 is 2.63 bits per heavy atom. The van der Waals surface area contributed by atoms with E-state index in [0.29, 0.717) is 16.3 Å². The molecule has 0 aliphatic rings. The van der Waals surface area contributed by atoms with Gasteiger partial charge in [0.15, 0.2) is 0 Å². The van der Waals surface area contributed by atoms with E-state index in [4.69, 9.17) is 20.8 Å². The van der Waals surface area contributed by atoms with Crippen molar-refractivity contribution in [1.82, 2.24) is 0 Å². The minimum atomic E-state index is -0.582. The normalized spacial score (nSPS) is 10.3. The van der Waals surface area contributed by atoms with E-state index < -0.39 is 11.6 Å². The fourth-order valence-corrected chi connectivity index (χ4v) is 1.93. The second-order valence-corrected chi connectivity index (χ2v) is 4.46. The van der Waals surface area contributed by atoms with E-state index in [9.17, 15) is 9.59 Å². The molecule has 0 aliphatic heterocycles. The van der Waals surface area contributed by atoms with Gasteiger partial charge in [0.25, 0.3) is 0 Å². The molecule has 19 heavy (non-hydrogen) atoms. The van der Waals surface area contributed by atoms with Gasteiger partial charge in [0, 0.05) is 11.1 Å². The van der Waals surface area contributed by atoms with Crippen molar-refractivity contribution in [2.45, 2.75) is 13.8 Å². The molecule has 0 N–H and O–H groups in total. The van der Waals surface area contributed by atoms with Crippen LogP contribution in [-0.2, 0) is 0 Å². The molecule has 0 amide bonds. The second-order valence-electron chi connectivity index (χ2n) is 4.03. The van der Waals surface area contributed by atoms with Gasteiger partial charge in [-0.2, -0.15) is 0 Å². The Bertz CT molecular complexity index is 662. The van der Waals surface area contributed by atoms with Crippen molar-refractivity contribution in [2.75, 3.05) is 0 Å². The van der Waals surface area contributed by atoms with Gasteiger partial charge in [-0.1, -0.05) is 17.7 Å². The lowest BCUT2D eigenvalue weighted by atomic mass is 10.1. The van der Waals surface area contributed by atoms with Crippen LogP contribution >= 0.6 is 11.6 Å². The number of carbonyl (C=O) groups excluding carboxylic acids is 1. The third kappa shape index (κ3) is 3.03. The lowest BCUT2D eigenvalue weighted by Gasteiger charge is -2.08. The first-order valence-electron chi connectivity index (χ1n) is 5.56. The van der Waals surface area contributed by atoms with Crippen LogP contribution in [0.5, 0.6) is 5.75 Å². The van der Waals surface area contributed by atoms with Gasteiger partial charge in [0.05, 0.1) is 0 Å². The van der Waals surface area contributed by atoms with Crippen LogP contribution in [0.2, 0.25) is 5.02 Å². The highest BCUT2D eigenvalue weighted by atomic mass is 35.5. The molecule has 98 valence electrons. The van der Waals surface area contributed by atoms with E-state index in [0.717, 1.165) is 0 Å². The van der Waals surface area contributed by atoms with Gasteiger partial charge in [-0.3, -0.25) is 0 Å². The number of ether oxygens (including phenoxy) is 1. The summed E-state index contributed by atoms with van der Waals surface area (Å²) in [7, 11) is 0. The SMILES string of the molecule is Cc1cc(=O)oc(C)c1C(=O)Oc1cccc(Cl)c1. The quantitative estimate of drug-likeness (QED) is 0.625. The first kappa shape index (κ1) is 13.4. The van der Waals surface area contributed by atoms with Crippen LogP contribution in [0.25, 0.3) is 0 Å². The molecule has 0 saturated carbocycles. The van der Waals surface area contributed by atoms with Gasteiger partial charge in [0.2, 0.25) is 0 Å². The summed E-state index contributed by atoms with van der Waals surface area (Å²) in [5.41, 5.74) is 0.273. The summed E-state index contributed by atoms with van der Waals surface area (Å²) in [6.45, 7) is 3.20. The monoisotopic (exact) mass is 278 g/mol. The first-order valence-corrected chi connectivity index (χ1v) is 5.94. The molecule has 4 nitrogen and oxygen atoms in total. The zero-order chi connectivity index (χ0) is 14.0. The largest absolute Gasteiger partial charge is 0.427 e. The Hall–Kier alpha value is -2.07. The highest BCUT2D eigenvalue weighted by Gasteiger charge is 2.17. The Morgan fingerprint density at radius 2 is 2.00 bits per heavy atom. The molecule has 2 rings (SSSR count). The van der Waals surface area contributed by atoms with Crippen molar-refractivity contribution < 1.29 is 13.9 Å². The van der Waals surface area contributed by atoms with Crippen LogP contribution in [0.1, 0.15) is 21.7 Å². The summed E-state index contributed by atoms with van der Waals surface area (Å²) in [6.07, 6.45) is 0. The van der Waals surface area contributed by atoms with Crippen LogP contribution in [0.4, 0.5) is 0 Å². The predicted octanol–water partition coefficient (Wildman–Crippen LogP) is 3.13. The van der Waals surface area contributed by atoms with E-state index in [1.54, 1.807) is 32.0 Å². The van der Waals surface area contributed by atoms with E-state index >= 15 is 0 Å². The number of hydrogen-bond donors (Lipinski definition) is 0. The van der Waals surface area contributed by atoms with Gasteiger partial charge in [-0.05, 0) is 37.6 Å². The van der Waals surface area contributed by atoms with Crippen molar-refractivity contribution in [3.8, 4) is 5.75 Å². The van der Waals surface area contributed by atoms with Crippen molar-refractivity contribution in [2.24, 2.45) is 0 Å². The topological polar surface area (TPSA) is 56.5 Å². The van der Waals surface area contributed by atoms with Crippen molar-refractivity contribution >= 4 is 17.6 Å². The first-order chi connectivity index (χ1) is 8.97. The molecular weight excluding hydrogens is 268 g/mol. The summed E-state index contributed by atoms with van der Waals surface area (Å²) in [6, 6.07) is 7.76. The standard InChI is InChI=1S/C14H11ClO4/c1-8-6-12(16)18-9(2)13(8)14(17)19-11-5-3-4-10(15)7-11/h3-7H,1-2H3. The van der Waals surface area contributed by atoms with Crippen LogP contribution in [0.3, 0.4) is 0 Å². The zero-order valence-electron chi connectivity index (χ0n) is 10.4. The third-order valence-electron chi connectivity index (χ3n) is 2.55. The molecule has 0 radical (unpaired) electrons. The van der Waals surface area contributed by atoms with Crippen molar-refractivity contribution in [3.05, 3.63) is 62.7 Å². The highest BCUT2D eigenvalue weighted by molar-refractivity contribution is 6.30. The molecule has 0 fully saturated rings. The molecule has 0 bridgehead atoms. The summed E-state index contributed by atoms with van der Waals surface area (Å²) < 4.78 is 10.1. The third-order valence-corrected chi connectivity index (χ3v) is 2.78. The fraction of sp³-hybridized carbons (Fsp3) is 0.143. The molecular formula is C14H11ClO4. The average molecular weight is 279 g/mol. The smallest absolute Gasteiger partial charge is 0.347 e. The van der Waals surface area contributed by atoms with E-state index in [1.165, 1.54) is 12.1 Å². The maximum atomic E-state index is 12.1. The van der Waals surface area contributed by atoms with Gasteiger partial charge < -0.3 is 9.15 Å². The average Bonchev–Trinajstić information content (AvgIpc) is 2.27. The van der Waals surface area contributed by atoms with Gasteiger partial charge in [-0.25, -0.2) is 9.59 Å². The maximum Gasteiger partial charge on any atom is 0.347 e. The second kappa shape index (κ2) is 5.28. The van der Waals surface area contributed by atoms with Crippen LogP contribution in [-0.4, -0.2) is 5.97 Å². The number of rotatable bonds is 2. The molecule has 0 spiro atoms. The zero-order valence-corrected chi connectivity index (χ0v) is 11.2. The number of carbonyl (C=O) groups is 1. The molecule has 1 aromatic carbocycles. The molecule has 5 heteroatoms. The Labute approximate surface area is 114 Å². The molecule has 1 heterocycles. The summed E-state index contributed by atoms with van der Waals surface area (Å²) in [4.78, 5) is 23.2. The summed E-state index contributed by atoms with van der Waals surface area (Å²) in [5, 5.41) is 0.471. The summed E-state index contributed by atoms with van der Waals surface area (Å²) >= 11 is 5.81. The lowest BCUT2D eigenvalue weighted by molar-refractivity contribution is 0.0729.